The highest BCUT2D eigenvalue weighted by atomic mass is 33.1. The number of unbranched alkanes of at least 4 members (excludes halogenated alkanes) is 1. The van der Waals surface area contributed by atoms with E-state index in [0.29, 0.717) is 17.7 Å². The van der Waals surface area contributed by atoms with E-state index < -0.39 is 108 Å². The molecule has 6 rings (SSSR count). The number of aliphatic hydroxyl groups excluding tert-OH is 1. The zero-order valence-electron chi connectivity index (χ0n) is 40.2. The number of hydrogen-bond donors (Lipinski definition) is 9. The number of carbonyl (C=O) groups excluding carboxylic acids is 3. The van der Waals surface area contributed by atoms with Crippen molar-refractivity contribution in [2.45, 2.75) is 113 Å². The molecular weight excluding hydrogens is 1070 g/mol. The summed E-state index contributed by atoms with van der Waals surface area (Å²) in [6, 6.07) is 5.36. The Balaban J connectivity index is 1.06. The number of carbonyl (C=O) groups is 3. The normalized spacial score (nSPS) is 22.4. The topological polar surface area (TPSA) is 460 Å². The van der Waals surface area contributed by atoms with Crippen LogP contribution in [0, 0.1) is 0 Å². The number of nitrogens with two attached hydrogens (primary N) is 3. The van der Waals surface area contributed by atoms with E-state index in [1.807, 2.05) is 20.8 Å². The Morgan fingerprint density at radius 3 is 2.45 bits per heavy atom. The summed E-state index contributed by atoms with van der Waals surface area (Å²) in [6.07, 6.45) is -7.48. The first-order chi connectivity index (χ1) is 35.4. The number of anilines is 2. The van der Waals surface area contributed by atoms with E-state index in [1.165, 1.54) is 44.7 Å². The number of hydrogen-bond acceptors (Lipinski definition) is 24. The van der Waals surface area contributed by atoms with Gasteiger partial charge in [0.1, 0.15) is 67.0 Å². The summed E-state index contributed by atoms with van der Waals surface area (Å²) in [6.45, 7) is 4.25. The molecule has 1 aromatic carbocycles. The van der Waals surface area contributed by atoms with Crippen molar-refractivity contribution in [1.29, 1.82) is 0 Å². The van der Waals surface area contributed by atoms with Crippen LogP contribution in [0.5, 0.6) is 0 Å². The van der Waals surface area contributed by atoms with E-state index >= 15 is 0 Å². The SMILES string of the molecule is CC(C)(C)SSCC(NC(=O)OCc1ccc(N=[N+]=[N-])cc1)C(=O)NCCCC[C@@H](N)C(=O)OC1C(COP(=O)(O)O[C@H]2C[C@H](n3ccc(N)nc3=O)O[C@@H]2COP(=O)(O)O)OC(n2cnc3c(N)ncnc32)C1O. The van der Waals surface area contributed by atoms with Gasteiger partial charge in [0.05, 0.1) is 19.5 Å². The molecule has 75 heavy (non-hydrogen) atoms. The van der Waals surface area contributed by atoms with Gasteiger partial charge in [-0.2, -0.15) is 4.98 Å². The zero-order chi connectivity index (χ0) is 54.7. The van der Waals surface area contributed by atoms with E-state index in [9.17, 15) is 48.1 Å². The molecule has 0 aliphatic carbocycles. The third kappa shape index (κ3) is 17.3. The van der Waals surface area contributed by atoms with Crippen molar-refractivity contribution in [2.24, 2.45) is 10.8 Å². The zero-order valence-corrected chi connectivity index (χ0v) is 43.7. The highest BCUT2D eigenvalue weighted by Crippen LogP contribution is 2.50. The average Bonchev–Trinajstić information content (AvgIpc) is 4.03. The third-order valence-electron chi connectivity index (χ3n) is 10.8. The van der Waals surface area contributed by atoms with Crippen LogP contribution in [0.3, 0.4) is 0 Å². The lowest BCUT2D eigenvalue weighted by Crippen LogP contribution is -2.48. The molecule has 31 nitrogen and oxygen atoms in total. The van der Waals surface area contributed by atoms with Gasteiger partial charge in [-0.15, -0.1) is 0 Å². The molecule has 3 aromatic heterocycles. The smallest absolute Gasteiger partial charge is 0.455 e. The van der Waals surface area contributed by atoms with Gasteiger partial charge in [-0.1, -0.05) is 71.7 Å². The van der Waals surface area contributed by atoms with Gasteiger partial charge in [0.2, 0.25) is 5.91 Å². The summed E-state index contributed by atoms with van der Waals surface area (Å²) in [7, 11) is -7.42. The number of ether oxygens (including phenoxy) is 4. The maximum atomic E-state index is 13.6. The minimum absolute atomic E-state index is 0.00594. The number of aliphatic hydroxyl groups is 1. The monoisotopic (exact) mass is 1130 g/mol. The third-order valence-corrected chi connectivity index (χ3v) is 15.7. The van der Waals surface area contributed by atoms with E-state index in [2.05, 4.69) is 45.1 Å². The molecule has 2 saturated heterocycles. The molecule has 0 spiro atoms. The summed E-state index contributed by atoms with van der Waals surface area (Å²) >= 11 is 0. The van der Waals surface area contributed by atoms with Crippen molar-refractivity contribution in [3.05, 3.63) is 75.7 Å². The van der Waals surface area contributed by atoms with Gasteiger partial charge < -0.3 is 66.6 Å². The summed E-state index contributed by atoms with van der Waals surface area (Å²) < 4.78 is 65.2. The molecule has 2 aliphatic rings. The van der Waals surface area contributed by atoms with Gasteiger partial charge in [0.15, 0.2) is 23.8 Å². The van der Waals surface area contributed by atoms with Crippen molar-refractivity contribution in [1.82, 2.24) is 39.7 Å². The number of rotatable bonds is 25. The van der Waals surface area contributed by atoms with Crippen molar-refractivity contribution < 1.29 is 75.8 Å². The lowest BCUT2D eigenvalue weighted by molar-refractivity contribution is -0.158. The quantitative estimate of drug-likeness (QED) is 0.00874. The van der Waals surface area contributed by atoms with E-state index in [-0.39, 0.29) is 65.7 Å². The van der Waals surface area contributed by atoms with Gasteiger partial charge in [-0.3, -0.25) is 32.3 Å². The molecule has 0 radical (unpaired) electrons. The van der Waals surface area contributed by atoms with Gasteiger partial charge in [0.25, 0.3) is 0 Å². The van der Waals surface area contributed by atoms with Gasteiger partial charge in [-0.25, -0.2) is 33.7 Å². The Morgan fingerprint density at radius 2 is 1.76 bits per heavy atom. The summed E-state index contributed by atoms with van der Waals surface area (Å²) in [5.74, 6) is -1.43. The molecule has 10 atom stereocenters. The van der Waals surface area contributed by atoms with Crippen LogP contribution in [-0.4, -0.2) is 140 Å². The van der Waals surface area contributed by atoms with E-state index in [0.717, 1.165) is 10.9 Å². The highest BCUT2D eigenvalue weighted by molar-refractivity contribution is 8.77. The maximum absolute atomic E-state index is 13.6. The summed E-state index contributed by atoms with van der Waals surface area (Å²) in [5.41, 5.74) is 26.8. The number of benzene rings is 1. The number of aromatic nitrogens is 6. The molecule has 0 bridgehead atoms. The largest absolute Gasteiger partial charge is 0.472 e. The predicted octanol–water partition coefficient (Wildman–Crippen LogP) is 2.35. The number of amides is 2. The van der Waals surface area contributed by atoms with Crippen molar-refractivity contribution in [2.75, 3.05) is 37.0 Å². The first kappa shape index (κ1) is 58.8. The van der Waals surface area contributed by atoms with Crippen LogP contribution in [0.2, 0.25) is 0 Å². The number of nitrogens with one attached hydrogen (secondary N) is 2. The Bertz CT molecular complexity index is 2840. The average molecular weight is 1130 g/mol. The molecule has 12 N–H and O–H groups in total. The van der Waals surface area contributed by atoms with Gasteiger partial charge in [0, 0.05) is 40.3 Å². The number of fused-ring (bicyclic) bond motifs is 1. The second kappa shape index (κ2) is 26.1. The number of phosphoric acid groups is 2. The molecule has 2 amide bonds. The number of imidazole rings is 1. The van der Waals surface area contributed by atoms with Crippen LogP contribution in [0.15, 0.2) is 59.1 Å². The Labute approximate surface area is 434 Å². The Hall–Kier alpha value is -5.47. The Morgan fingerprint density at radius 1 is 1.03 bits per heavy atom. The van der Waals surface area contributed by atoms with Crippen molar-refractivity contribution >= 4 is 83.7 Å². The number of azide groups is 1. The molecule has 2 aliphatic heterocycles. The van der Waals surface area contributed by atoms with Crippen molar-refractivity contribution in [3.8, 4) is 0 Å². The fourth-order valence-corrected chi connectivity index (χ4v) is 11.0. The summed E-state index contributed by atoms with van der Waals surface area (Å²) in [5, 5.41) is 20.5. The second-order valence-corrected chi connectivity index (χ2v) is 23.5. The summed E-state index contributed by atoms with van der Waals surface area (Å²) in [4.78, 5) is 100. The number of nitrogens with zero attached hydrogens (tertiary/aromatic N) is 9. The molecule has 0 saturated carbocycles. The van der Waals surface area contributed by atoms with Crippen molar-refractivity contribution in [3.63, 3.8) is 0 Å². The van der Waals surface area contributed by atoms with Gasteiger partial charge >= 0.3 is 33.4 Å². The molecular formula is C40H56N14O17P2S2. The second-order valence-electron chi connectivity index (χ2n) is 17.6. The number of nitrogen functional groups attached to an aromatic ring is 2. The molecule has 410 valence electrons. The van der Waals surface area contributed by atoms with Crippen LogP contribution in [0.1, 0.15) is 64.5 Å². The van der Waals surface area contributed by atoms with Crippen LogP contribution < -0.4 is 33.5 Å². The van der Waals surface area contributed by atoms with Crippen LogP contribution in [0.4, 0.5) is 22.1 Å². The fraction of sp³-hybridized carbons (Fsp3) is 0.550. The Kier molecular flexibility index (Phi) is 20.4. The van der Waals surface area contributed by atoms with Gasteiger partial charge in [-0.05, 0) is 36.4 Å². The number of phosphoric ester groups is 2. The lowest BCUT2D eigenvalue weighted by atomic mass is 10.1. The molecule has 6 unspecified atom stereocenters. The molecule has 2 fully saturated rings. The number of esters is 1. The standard InChI is InChI=1S/C40H56N14O17P2S2/c1-40(2,3)75-74-18-24(49-39(59)65-15-21-7-9-22(10-8-21)51-52-44)35(56)45-12-5-4-6-23(41)37(57)70-32-27(69-36(31(32)55)54-20-48-30-33(43)46-19-47-34(30)54)17-67-73(63,64)71-25-14-29(53-13-11-28(42)50-38(53)58)68-26(25)16-66-72(60,61)62/h7-11,13,19-20,23-27,29,31-32,36,55H,4-6,12,14-18,41H2,1-3H3,(H,45,56)(H,49,59)(H,63,64)(H2,42,50,58)(H2,43,46,47)(H2,60,61,62)/t23-,24?,25+,26-,27?,29-,31?,32?,36?/m1/s1. The minimum Gasteiger partial charge on any atom is -0.455 e. The molecule has 4 aromatic rings. The maximum Gasteiger partial charge on any atom is 0.472 e. The lowest BCUT2D eigenvalue weighted by Gasteiger charge is -2.24. The first-order valence-electron chi connectivity index (χ1n) is 22.6. The van der Waals surface area contributed by atoms with Crippen LogP contribution >= 0.6 is 37.2 Å². The van der Waals surface area contributed by atoms with E-state index in [1.54, 1.807) is 24.3 Å². The van der Waals surface area contributed by atoms with Crippen LogP contribution in [0.25, 0.3) is 21.6 Å². The fourth-order valence-electron chi connectivity index (χ4n) is 7.27. The minimum atomic E-state index is -5.24. The predicted molar refractivity (Wildman–Crippen MR) is 267 cm³/mol. The molecule has 35 heteroatoms. The highest BCUT2D eigenvalue weighted by Gasteiger charge is 2.50. The van der Waals surface area contributed by atoms with E-state index in [4.69, 9.17) is 50.7 Å². The number of alkyl carbamates (subject to hydrolysis) is 1. The molecule has 5 heterocycles. The van der Waals surface area contributed by atoms with Crippen LogP contribution in [-0.2, 0) is 57.8 Å². The first-order valence-corrected chi connectivity index (χ1v) is 28.0.